The van der Waals surface area contributed by atoms with Crippen molar-refractivity contribution in [3.05, 3.63) is 34.4 Å². The van der Waals surface area contributed by atoms with Crippen LogP contribution in [0.1, 0.15) is 22.3 Å². The normalized spacial score (nSPS) is 11.1. The Morgan fingerprint density at radius 3 is 2.40 bits per heavy atom. The lowest BCUT2D eigenvalue weighted by Crippen LogP contribution is -2.33. The van der Waals surface area contributed by atoms with Crippen molar-refractivity contribution in [1.29, 1.82) is 0 Å². The Morgan fingerprint density at radius 2 is 1.85 bits per heavy atom. The smallest absolute Gasteiger partial charge is 0.188 e. The van der Waals surface area contributed by atoms with Crippen molar-refractivity contribution in [2.24, 2.45) is 10.7 Å². The van der Waals surface area contributed by atoms with Crippen molar-refractivity contribution in [3.63, 3.8) is 0 Å². The highest BCUT2D eigenvalue weighted by atomic mass is 127. The third kappa shape index (κ3) is 6.56. The molecular weight excluding hydrogens is 365 g/mol. The molecule has 0 heterocycles. The van der Waals surface area contributed by atoms with Gasteiger partial charge in [0.15, 0.2) is 5.96 Å². The van der Waals surface area contributed by atoms with Crippen LogP contribution >= 0.6 is 24.0 Å². The molecular formula is C15H26IN3O. The summed E-state index contributed by atoms with van der Waals surface area (Å²) < 4.78 is 4.92. The van der Waals surface area contributed by atoms with E-state index in [0.29, 0.717) is 19.1 Å². The van der Waals surface area contributed by atoms with E-state index in [9.17, 15) is 0 Å². The minimum Gasteiger partial charge on any atom is -0.383 e. The number of nitrogens with zero attached hydrogens (tertiary/aromatic N) is 1. The Hall–Kier alpha value is -0.820. The van der Waals surface area contributed by atoms with E-state index in [-0.39, 0.29) is 24.0 Å². The molecule has 0 atom stereocenters. The molecule has 0 fully saturated rings. The molecule has 0 aliphatic heterocycles. The van der Waals surface area contributed by atoms with Crippen LogP contribution in [0.5, 0.6) is 0 Å². The molecule has 0 unspecified atom stereocenters. The van der Waals surface area contributed by atoms with Crippen LogP contribution in [0.15, 0.2) is 17.1 Å². The van der Waals surface area contributed by atoms with Crippen molar-refractivity contribution in [1.82, 2.24) is 5.32 Å². The van der Waals surface area contributed by atoms with E-state index in [1.807, 2.05) is 0 Å². The Morgan fingerprint density at radius 1 is 1.25 bits per heavy atom. The highest BCUT2D eigenvalue weighted by Crippen LogP contribution is 2.16. The second kappa shape index (κ2) is 9.99. The zero-order chi connectivity index (χ0) is 14.3. The molecule has 0 bridgehead atoms. The molecule has 0 radical (unpaired) electrons. The quantitative estimate of drug-likeness (QED) is 0.339. The molecule has 4 nitrogen and oxygen atoms in total. The van der Waals surface area contributed by atoms with Crippen LogP contribution in [-0.2, 0) is 11.2 Å². The van der Waals surface area contributed by atoms with Gasteiger partial charge in [0.1, 0.15) is 0 Å². The van der Waals surface area contributed by atoms with Crippen LogP contribution in [0.3, 0.4) is 0 Å². The van der Waals surface area contributed by atoms with E-state index >= 15 is 0 Å². The first-order chi connectivity index (χ1) is 9.04. The van der Waals surface area contributed by atoms with Gasteiger partial charge in [0.05, 0.1) is 13.2 Å². The Kier molecular flexibility index (Phi) is 9.58. The van der Waals surface area contributed by atoms with Crippen LogP contribution < -0.4 is 11.1 Å². The molecule has 5 heteroatoms. The minimum atomic E-state index is 0. The number of nitrogens with two attached hydrogens (primary N) is 1. The molecule has 0 aliphatic carbocycles. The monoisotopic (exact) mass is 391 g/mol. The van der Waals surface area contributed by atoms with E-state index in [2.05, 4.69) is 43.2 Å². The van der Waals surface area contributed by atoms with E-state index < -0.39 is 0 Å². The fourth-order valence-electron chi connectivity index (χ4n) is 2.23. The molecule has 1 aromatic carbocycles. The molecule has 1 aromatic rings. The lowest BCUT2D eigenvalue weighted by Gasteiger charge is -2.12. The largest absolute Gasteiger partial charge is 0.383 e. The molecule has 0 saturated carbocycles. The van der Waals surface area contributed by atoms with Gasteiger partial charge >= 0.3 is 0 Å². The number of aryl methyl sites for hydroxylation is 3. The number of methoxy groups -OCH3 is 1. The van der Waals surface area contributed by atoms with Crippen LogP contribution in [0, 0.1) is 20.8 Å². The topological polar surface area (TPSA) is 59.6 Å². The number of guanidine groups is 1. The van der Waals surface area contributed by atoms with E-state index in [1.165, 1.54) is 22.3 Å². The number of halogens is 1. The van der Waals surface area contributed by atoms with Crippen molar-refractivity contribution < 1.29 is 4.74 Å². The van der Waals surface area contributed by atoms with Gasteiger partial charge in [-0.15, -0.1) is 24.0 Å². The lowest BCUT2D eigenvalue weighted by atomic mass is 9.97. The van der Waals surface area contributed by atoms with Gasteiger partial charge < -0.3 is 15.8 Å². The molecule has 114 valence electrons. The summed E-state index contributed by atoms with van der Waals surface area (Å²) in [6.07, 6.45) is 0.957. The maximum absolute atomic E-state index is 5.76. The average Bonchev–Trinajstić information content (AvgIpc) is 2.32. The van der Waals surface area contributed by atoms with Crippen molar-refractivity contribution in [2.75, 3.05) is 26.8 Å². The summed E-state index contributed by atoms with van der Waals surface area (Å²) in [6, 6.07) is 4.44. The average molecular weight is 391 g/mol. The molecule has 20 heavy (non-hydrogen) atoms. The zero-order valence-corrected chi connectivity index (χ0v) is 15.2. The Labute approximate surface area is 139 Å². The lowest BCUT2D eigenvalue weighted by molar-refractivity contribution is 0.208. The van der Waals surface area contributed by atoms with Crippen LogP contribution in [-0.4, -0.2) is 32.8 Å². The highest BCUT2D eigenvalue weighted by molar-refractivity contribution is 14.0. The summed E-state index contributed by atoms with van der Waals surface area (Å²) in [5.74, 6) is 0.486. The van der Waals surface area contributed by atoms with Gasteiger partial charge in [-0.1, -0.05) is 17.7 Å². The summed E-state index contributed by atoms with van der Waals surface area (Å²) in [5, 5.41) is 3.13. The van der Waals surface area contributed by atoms with Gasteiger partial charge in [-0.25, -0.2) is 0 Å². The third-order valence-corrected chi connectivity index (χ3v) is 3.10. The number of rotatable bonds is 6. The first-order valence-corrected chi connectivity index (χ1v) is 6.64. The van der Waals surface area contributed by atoms with Crippen LogP contribution in [0.2, 0.25) is 0 Å². The molecule has 1 rings (SSSR count). The maximum Gasteiger partial charge on any atom is 0.188 e. The predicted octanol–water partition coefficient (Wildman–Crippen LogP) is 2.32. The summed E-state index contributed by atoms with van der Waals surface area (Å²) in [6.45, 7) is 8.43. The first-order valence-electron chi connectivity index (χ1n) is 6.64. The fraction of sp³-hybridized carbons (Fsp3) is 0.533. The van der Waals surface area contributed by atoms with E-state index in [0.717, 1.165) is 13.0 Å². The molecule has 0 aliphatic rings. The second-order valence-electron chi connectivity index (χ2n) is 4.81. The zero-order valence-electron chi connectivity index (χ0n) is 12.8. The first kappa shape index (κ1) is 19.2. The number of nitrogens with one attached hydrogen (secondary N) is 1. The Balaban J connectivity index is 0.00000361. The predicted molar refractivity (Wildman–Crippen MR) is 96.1 cm³/mol. The van der Waals surface area contributed by atoms with Gasteiger partial charge in [-0.3, -0.25) is 4.99 Å². The van der Waals surface area contributed by atoms with Gasteiger partial charge in [0.25, 0.3) is 0 Å². The number of hydrogen-bond donors (Lipinski definition) is 2. The summed E-state index contributed by atoms with van der Waals surface area (Å²) in [5.41, 5.74) is 11.1. The van der Waals surface area contributed by atoms with Crippen molar-refractivity contribution in [3.8, 4) is 0 Å². The van der Waals surface area contributed by atoms with Crippen molar-refractivity contribution in [2.45, 2.75) is 27.2 Å². The van der Waals surface area contributed by atoms with Gasteiger partial charge in [0, 0.05) is 13.7 Å². The SMILES string of the molecule is COCCN=C(N)NCCc1c(C)cc(C)cc1C.I. The molecule has 0 saturated heterocycles. The van der Waals surface area contributed by atoms with Crippen LogP contribution in [0.25, 0.3) is 0 Å². The maximum atomic E-state index is 5.76. The number of hydrogen-bond acceptors (Lipinski definition) is 2. The summed E-state index contributed by atoms with van der Waals surface area (Å²) in [4.78, 5) is 4.16. The molecule has 3 N–H and O–H groups in total. The van der Waals surface area contributed by atoms with E-state index in [1.54, 1.807) is 7.11 Å². The number of ether oxygens (including phenoxy) is 1. The number of aliphatic imine (C=N–C) groups is 1. The highest BCUT2D eigenvalue weighted by Gasteiger charge is 2.03. The minimum absolute atomic E-state index is 0. The third-order valence-electron chi connectivity index (χ3n) is 3.10. The second-order valence-corrected chi connectivity index (χ2v) is 4.81. The Bertz CT molecular complexity index is 424. The molecule has 0 spiro atoms. The fourth-order valence-corrected chi connectivity index (χ4v) is 2.23. The number of benzene rings is 1. The molecule has 0 aromatic heterocycles. The van der Waals surface area contributed by atoms with Crippen molar-refractivity contribution >= 4 is 29.9 Å². The van der Waals surface area contributed by atoms with Crippen LogP contribution in [0.4, 0.5) is 0 Å². The summed E-state index contributed by atoms with van der Waals surface area (Å²) in [7, 11) is 1.65. The van der Waals surface area contributed by atoms with Gasteiger partial charge in [0.2, 0.25) is 0 Å². The molecule has 0 amide bonds. The van der Waals surface area contributed by atoms with E-state index in [4.69, 9.17) is 10.5 Å². The standard InChI is InChI=1S/C15H25N3O.HI/c1-11-9-12(2)14(13(3)10-11)5-6-17-15(16)18-7-8-19-4;/h9-10H,5-8H2,1-4H3,(H3,16,17,18);1H. The van der Waals surface area contributed by atoms with Gasteiger partial charge in [-0.2, -0.15) is 0 Å². The summed E-state index contributed by atoms with van der Waals surface area (Å²) >= 11 is 0. The van der Waals surface area contributed by atoms with Gasteiger partial charge in [-0.05, 0) is 43.9 Å².